The van der Waals surface area contributed by atoms with Gasteiger partial charge in [-0.05, 0) is 38.5 Å². The lowest BCUT2D eigenvalue weighted by Crippen LogP contribution is -2.48. The Morgan fingerprint density at radius 2 is 2.05 bits per heavy atom. The summed E-state index contributed by atoms with van der Waals surface area (Å²) in [5.41, 5.74) is 1.74. The van der Waals surface area contributed by atoms with Gasteiger partial charge in [0.05, 0.1) is 18.8 Å². The number of carbonyl (C=O) groups is 1. The molecule has 1 aliphatic rings. The van der Waals surface area contributed by atoms with Gasteiger partial charge in [0.1, 0.15) is 0 Å². The van der Waals surface area contributed by atoms with Gasteiger partial charge >= 0.3 is 0 Å². The maximum atomic E-state index is 12.1. The number of ether oxygens (including phenoxy) is 1. The number of aryl methyl sites for hydroxylation is 1. The van der Waals surface area contributed by atoms with E-state index in [2.05, 4.69) is 10.2 Å². The number of morpholine rings is 1. The highest BCUT2D eigenvalue weighted by atomic mass is 35.5. The van der Waals surface area contributed by atoms with Crippen molar-refractivity contribution < 1.29 is 9.53 Å². The van der Waals surface area contributed by atoms with Gasteiger partial charge in [0, 0.05) is 23.8 Å². The molecule has 0 spiro atoms. The zero-order chi connectivity index (χ0) is 14.7. The lowest BCUT2D eigenvalue weighted by atomic mass is 10.2. The average Bonchev–Trinajstić information content (AvgIpc) is 2.32. The molecule has 1 N–H and O–H groups in total. The van der Waals surface area contributed by atoms with Crippen LogP contribution in [-0.2, 0) is 9.53 Å². The summed E-state index contributed by atoms with van der Waals surface area (Å²) in [6.07, 6.45) is 0.334. The van der Waals surface area contributed by atoms with Crippen LogP contribution >= 0.6 is 11.6 Å². The van der Waals surface area contributed by atoms with Crippen LogP contribution in [0.15, 0.2) is 18.2 Å². The third-order valence-corrected chi connectivity index (χ3v) is 3.73. The first kappa shape index (κ1) is 15.3. The van der Waals surface area contributed by atoms with Gasteiger partial charge in [0.2, 0.25) is 5.91 Å². The van der Waals surface area contributed by atoms with Gasteiger partial charge in [-0.2, -0.15) is 0 Å². The van der Waals surface area contributed by atoms with Crippen LogP contribution in [0.3, 0.4) is 0 Å². The van der Waals surface area contributed by atoms with Crippen molar-refractivity contribution >= 4 is 23.2 Å². The number of benzene rings is 1. The van der Waals surface area contributed by atoms with E-state index in [1.807, 2.05) is 32.9 Å². The summed E-state index contributed by atoms with van der Waals surface area (Å²) >= 11 is 6.05. The maximum absolute atomic E-state index is 12.1. The molecule has 4 nitrogen and oxygen atoms in total. The Morgan fingerprint density at radius 3 is 2.65 bits per heavy atom. The second-order valence-electron chi connectivity index (χ2n) is 5.46. The quantitative estimate of drug-likeness (QED) is 0.932. The maximum Gasteiger partial charge on any atom is 0.238 e. The molecule has 2 atom stereocenters. The first-order chi connectivity index (χ1) is 9.44. The number of nitrogens with zero attached hydrogens (tertiary/aromatic N) is 1. The molecule has 1 aromatic rings. The normalized spacial score (nSPS) is 23.6. The Hall–Kier alpha value is -1.10. The zero-order valence-electron chi connectivity index (χ0n) is 12.1. The molecule has 0 unspecified atom stereocenters. The van der Waals surface area contributed by atoms with Crippen LogP contribution < -0.4 is 5.32 Å². The van der Waals surface area contributed by atoms with Crippen molar-refractivity contribution in [2.75, 3.05) is 25.0 Å². The number of amides is 1. The number of halogens is 1. The molecule has 1 aliphatic heterocycles. The van der Waals surface area contributed by atoms with E-state index in [-0.39, 0.29) is 18.1 Å². The van der Waals surface area contributed by atoms with Crippen LogP contribution in [0.4, 0.5) is 5.69 Å². The van der Waals surface area contributed by atoms with E-state index in [9.17, 15) is 4.79 Å². The predicted octanol–water partition coefficient (Wildman–Crippen LogP) is 2.70. The van der Waals surface area contributed by atoms with E-state index >= 15 is 0 Å². The molecular formula is C15H21ClN2O2. The number of hydrogen-bond donors (Lipinski definition) is 1. The van der Waals surface area contributed by atoms with Crippen LogP contribution in [0.2, 0.25) is 5.02 Å². The van der Waals surface area contributed by atoms with Crippen LogP contribution in [0.1, 0.15) is 19.4 Å². The fourth-order valence-corrected chi connectivity index (χ4v) is 2.67. The van der Waals surface area contributed by atoms with Gasteiger partial charge in [-0.1, -0.05) is 17.7 Å². The minimum absolute atomic E-state index is 0.0220. The van der Waals surface area contributed by atoms with E-state index in [1.54, 1.807) is 6.07 Å². The Labute approximate surface area is 125 Å². The molecule has 0 aliphatic carbocycles. The lowest BCUT2D eigenvalue weighted by Gasteiger charge is -2.34. The number of rotatable bonds is 3. The molecule has 1 aromatic carbocycles. The highest BCUT2D eigenvalue weighted by molar-refractivity contribution is 6.31. The molecule has 20 heavy (non-hydrogen) atoms. The minimum Gasteiger partial charge on any atom is -0.373 e. The summed E-state index contributed by atoms with van der Waals surface area (Å²) in [6.45, 7) is 7.94. The van der Waals surface area contributed by atoms with Gasteiger partial charge in [-0.25, -0.2) is 0 Å². The summed E-state index contributed by atoms with van der Waals surface area (Å²) in [5, 5.41) is 3.54. The predicted molar refractivity (Wildman–Crippen MR) is 81.3 cm³/mol. The van der Waals surface area contributed by atoms with Crippen LogP contribution in [0.5, 0.6) is 0 Å². The summed E-state index contributed by atoms with van der Waals surface area (Å²) in [6, 6.07) is 5.54. The second kappa shape index (κ2) is 6.57. The van der Waals surface area contributed by atoms with Crippen molar-refractivity contribution in [2.24, 2.45) is 0 Å². The zero-order valence-corrected chi connectivity index (χ0v) is 12.9. The molecule has 110 valence electrons. The van der Waals surface area contributed by atoms with Crippen LogP contribution in [0.25, 0.3) is 0 Å². The van der Waals surface area contributed by atoms with E-state index < -0.39 is 0 Å². The third-order valence-electron chi connectivity index (χ3n) is 3.32. The number of nitrogens with one attached hydrogen (secondary N) is 1. The third kappa shape index (κ3) is 4.20. The summed E-state index contributed by atoms with van der Waals surface area (Å²) < 4.78 is 5.65. The fourth-order valence-electron chi connectivity index (χ4n) is 2.49. The number of carbonyl (C=O) groups excluding carboxylic acids is 1. The molecule has 5 heteroatoms. The average molecular weight is 297 g/mol. The van der Waals surface area contributed by atoms with Gasteiger partial charge in [0.15, 0.2) is 0 Å². The van der Waals surface area contributed by atoms with E-state index in [4.69, 9.17) is 16.3 Å². The number of anilines is 1. The minimum atomic E-state index is -0.0220. The molecule has 0 saturated carbocycles. The molecule has 0 radical (unpaired) electrons. The van der Waals surface area contributed by atoms with Crippen LogP contribution in [-0.4, -0.2) is 42.6 Å². The van der Waals surface area contributed by atoms with E-state index in [0.717, 1.165) is 24.3 Å². The van der Waals surface area contributed by atoms with Gasteiger partial charge < -0.3 is 10.1 Å². The Balaban J connectivity index is 1.90. The highest BCUT2D eigenvalue weighted by Gasteiger charge is 2.23. The standard InChI is InChI=1S/C15H21ClN2O2/c1-10-4-5-13(6-14(10)16)17-15(19)9-18-7-11(2)20-12(3)8-18/h4-6,11-12H,7-9H2,1-3H3,(H,17,19)/t11-,12+. The topological polar surface area (TPSA) is 41.6 Å². The van der Waals surface area contributed by atoms with Crippen molar-refractivity contribution in [3.63, 3.8) is 0 Å². The molecule has 2 rings (SSSR count). The lowest BCUT2D eigenvalue weighted by molar-refractivity contribution is -0.121. The molecule has 0 bridgehead atoms. The molecule has 1 saturated heterocycles. The Bertz CT molecular complexity index is 483. The van der Waals surface area contributed by atoms with Crippen molar-refractivity contribution in [3.05, 3.63) is 28.8 Å². The molecule has 1 fully saturated rings. The molecule has 1 heterocycles. The number of hydrogen-bond acceptors (Lipinski definition) is 3. The monoisotopic (exact) mass is 296 g/mol. The fraction of sp³-hybridized carbons (Fsp3) is 0.533. The van der Waals surface area contributed by atoms with Gasteiger partial charge in [-0.15, -0.1) is 0 Å². The first-order valence-electron chi connectivity index (χ1n) is 6.88. The van der Waals surface area contributed by atoms with Gasteiger partial charge in [0.25, 0.3) is 0 Å². The summed E-state index contributed by atoms with van der Waals surface area (Å²) in [5.74, 6) is -0.0220. The highest BCUT2D eigenvalue weighted by Crippen LogP contribution is 2.20. The van der Waals surface area contributed by atoms with Crippen molar-refractivity contribution in [1.29, 1.82) is 0 Å². The van der Waals surface area contributed by atoms with E-state index in [1.165, 1.54) is 0 Å². The first-order valence-corrected chi connectivity index (χ1v) is 7.25. The van der Waals surface area contributed by atoms with Gasteiger partial charge in [-0.3, -0.25) is 9.69 Å². The van der Waals surface area contributed by atoms with Crippen molar-refractivity contribution in [3.8, 4) is 0 Å². The van der Waals surface area contributed by atoms with E-state index in [0.29, 0.717) is 11.6 Å². The molecule has 1 amide bonds. The van der Waals surface area contributed by atoms with Crippen molar-refractivity contribution in [1.82, 2.24) is 4.90 Å². The SMILES string of the molecule is Cc1ccc(NC(=O)CN2C[C@@H](C)O[C@@H](C)C2)cc1Cl. The van der Waals surface area contributed by atoms with Crippen LogP contribution in [0, 0.1) is 6.92 Å². The molecule has 0 aromatic heterocycles. The summed E-state index contributed by atoms with van der Waals surface area (Å²) in [7, 11) is 0. The second-order valence-corrected chi connectivity index (χ2v) is 5.87. The Kier molecular flexibility index (Phi) is 5.02. The Morgan fingerprint density at radius 1 is 1.40 bits per heavy atom. The molecular weight excluding hydrogens is 276 g/mol. The summed E-state index contributed by atoms with van der Waals surface area (Å²) in [4.78, 5) is 14.2. The van der Waals surface area contributed by atoms with Crippen molar-refractivity contribution in [2.45, 2.75) is 33.0 Å². The largest absolute Gasteiger partial charge is 0.373 e. The smallest absolute Gasteiger partial charge is 0.238 e.